The number of carbonyl (C=O) groups excluding carboxylic acids is 1. The van der Waals surface area contributed by atoms with Gasteiger partial charge in [0, 0.05) is 25.2 Å². The quantitative estimate of drug-likeness (QED) is 0.726. The Labute approximate surface area is 94.8 Å². The fourth-order valence-corrected chi connectivity index (χ4v) is 2.75. The van der Waals surface area contributed by atoms with Crippen LogP contribution in [0.15, 0.2) is 0 Å². The predicted octanol–water partition coefficient (Wildman–Crippen LogP) is 0.729. The van der Waals surface area contributed by atoms with Crippen molar-refractivity contribution in [2.24, 2.45) is 5.92 Å². The molecule has 2 saturated heterocycles. The Morgan fingerprint density at radius 1 is 1.27 bits per heavy atom. The third-order valence-electron chi connectivity index (χ3n) is 3.66. The van der Waals surface area contributed by atoms with Crippen molar-refractivity contribution in [3.05, 3.63) is 0 Å². The van der Waals surface area contributed by atoms with Crippen molar-refractivity contribution in [1.29, 1.82) is 0 Å². The normalized spacial score (nSPS) is 42.3. The molecule has 1 saturated carbocycles. The Kier molecular flexibility index (Phi) is 2.90. The molecule has 0 radical (unpaired) electrons. The van der Waals surface area contributed by atoms with Crippen molar-refractivity contribution >= 4 is 18.3 Å². The van der Waals surface area contributed by atoms with Gasteiger partial charge in [-0.3, -0.25) is 4.79 Å². The number of nitrogens with one attached hydrogen (secondary N) is 1. The van der Waals surface area contributed by atoms with Gasteiger partial charge in [-0.25, -0.2) is 4.39 Å². The minimum Gasteiger partial charge on any atom is -0.334 e. The predicted molar refractivity (Wildman–Crippen MR) is 56.8 cm³/mol. The van der Waals surface area contributed by atoms with Gasteiger partial charge in [0.2, 0.25) is 5.91 Å². The number of rotatable bonds is 1. The van der Waals surface area contributed by atoms with E-state index in [1.165, 1.54) is 0 Å². The summed E-state index contributed by atoms with van der Waals surface area (Å²) in [5.74, 6) is -0.220. The Morgan fingerprint density at radius 2 is 1.80 bits per heavy atom. The van der Waals surface area contributed by atoms with E-state index in [0.29, 0.717) is 18.5 Å². The third-order valence-corrected chi connectivity index (χ3v) is 3.66. The Balaban J connectivity index is 0.000000853. The second-order valence-electron chi connectivity index (χ2n) is 4.65. The molecule has 3 rings (SSSR count). The zero-order chi connectivity index (χ0) is 9.71. The van der Waals surface area contributed by atoms with Gasteiger partial charge in [0.1, 0.15) is 6.17 Å². The highest BCUT2D eigenvalue weighted by Gasteiger charge is 2.50. The summed E-state index contributed by atoms with van der Waals surface area (Å²) < 4.78 is 12.8. The third kappa shape index (κ3) is 1.74. The number of hydrogen-bond acceptors (Lipinski definition) is 2. The first kappa shape index (κ1) is 11.1. The smallest absolute Gasteiger partial charge is 0.229 e. The largest absolute Gasteiger partial charge is 0.334 e. The number of nitrogens with zero attached hydrogens (tertiary/aromatic N) is 1. The summed E-state index contributed by atoms with van der Waals surface area (Å²) in [7, 11) is 0. The van der Waals surface area contributed by atoms with Gasteiger partial charge in [-0.1, -0.05) is 0 Å². The number of fused-ring (bicyclic) bond motifs is 2. The number of halogens is 2. The molecule has 1 amide bonds. The van der Waals surface area contributed by atoms with Crippen LogP contribution in [0.2, 0.25) is 0 Å². The second kappa shape index (κ2) is 3.91. The SMILES string of the molecule is Cl.O=C([C@@H]1C[C@H]1F)N1C2CCC1CNC2. The molecular formula is C10H16ClFN2O. The average Bonchev–Trinajstić information content (AvgIpc) is 2.85. The molecule has 1 aliphatic carbocycles. The molecule has 3 fully saturated rings. The fourth-order valence-electron chi connectivity index (χ4n) is 2.75. The van der Waals surface area contributed by atoms with Crippen LogP contribution < -0.4 is 5.32 Å². The van der Waals surface area contributed by atoms with Gasteiger partial charge in [0.15, 0.2) is 0 Å². The lowest BCUT2D eigenvalue weighted by Gasteiger charge is -2.35. The topological polar surface area (TPSA) is 32.3 Å². The molecule has 2 aliphatic heterocycles. The van der Waals surface area contributed by atoms with Crippen LogP contribution in [-0.4, -0.2) is 42.2 Å². The van der Waals surface area contributed by atoms with Gasteiger partial charge in [0.25, 0.3) is 0 Å². The number of hydrogen-bond donors (Lipinski definition) is 1. The van der Waals surface area contributed by atoms with Gasteiger partial charge >= 0.3 is 0 Å². The Morgan fingerprint density at radius 3 is 2.27 bits per heavy atom. The van der Waals surface area contributed by atoms with Gasteiger partial charge in [-0.05, 0) is 19.3 Å². The highest BCUT2D eigenvalue weighted by Crippen LogP contribution is 2.39. The van der Waals surface area contributed by atoms with Gasteiger partial charge in [0.05, 0.1) is 5.92 Å². The van der Waals surface area contributed by atoms with Gasteiger partial charge < -0.3 is 10.2 Å². The first-order valence-corrected chi connectivity index (χ1v) is 5.44. The molecule has 3 aliphatic rings. The van der Waals surface area contributed by atoms with Crippen LogP contribution in [0.1, 0.15) is 19.3 Å². The summed E-state index contributed by atoms with van der Waals surface area (Å²) in [6.07, 6.45) is 1.79. The average molecular weight is 235 g/mol. The minimum absolute atomic E-state index is 0. The van der Waals surface area contributed by atoms with Crippen LogP contribution in [-0.2, 0) is 4.79 Å². The lowest BCUT2D eigenvalue weighted by atomic mass is 10.2. The van der Waals surface area contributed by atoms with E-state index in [9.17, 15) is 9.18 Å². The van der Waals surface area contributed by atoms with Gasteiger partial charge in [-0.2, -0.15) is 0 Å². The minimum atomic E-state index is -0.850. The van der Waals surface area contributed by atoms with E-state index in [1.807, 2.05) is 4.90 Å². The van der Waals surface area contributed by atoms with E-state index in [0.717, 1.165) is 25.9 Å². The van der Waals surface area contributed by atoms with E-state index >= 15 is 0 Å². The maximum Gasteiger partial charge on any atom is 0.229 e. The fraction of sp³-hybridized carbons (Fsp3) is 0.900. The molecule has 2 heterocycles. The lowest BCUT2D eigenvalue weighted by molar-refractivity contribution is -0.136. The van der Waals surface area contributed by atoms with Gasteiger partial charge in [-0.15, -0.1) is 12.4 Å². The second-order valence-corrected chi connectivity index (χ2v) is 4.65. The lowest BCUT2D eigenvalue weighted by Crippen LogP contribution is -2.54. The number of carbonyl (C=O) groups is 1. The molecule has 1 N–H and O–H groups in total. The summed E-state index contributed by atoms with van der Waals surface area (Å²) in [4.78, 5) is 13.8. The highest BCUT2D eigenvalue weighted by molar-refractivity contribution is 5.85. The van der Waals surface area contributed by atoms with Crippen LogP contribution >= 0.6 is 12.4 Å². The van der Waals surface area contributed by atoms with E-state index in [2.05, 4.69) is 5.32 Å². The molecule has 5 heteroatoms. The summed E-state index contributed by atoms with van der Waals surface area (Å²) in [6.45, 7) is 1.79. The summed E-state index contributed by atoms with van der Waals surface area (Å²) >= 11 is 0. The van der Waals surface area contributed by atoms with Crippen molar-refractivity contribution < 1.29 is 9.18 Å². The summed E-state index contributed by atoms with van der Waals surface area (Å²) in [5, 5.41) is 3.31. The van der Waals surface area contributed by atoms with Crippen molar-refractivity contribution in [2.75, 3.05) is 13.1 Å². The molecule has 3 nitrogen and oxygen atoms in total. The molecule has 4 atom stereocenters. The number of amides is 1. The van der Waals surface area contributed by atoms with Crippen molar-refractivity contribution in [3.63, 3.8) is 0 Å². The zero-order valence-electron chi connectivity index (χ0n) is 8.49. The van der Waals surface area contributed by atoms with Crippen molar-refractivity contribution in [2.45, 2.75) is 37.5 Å². The van der Waals surface area contributed by atoms with Crippen LogP contribution in [0.3, 0.4) is 0 Å². The van der Waals surface area contributed by atoms with E-state index < -0.39 is 6.17 Å². The molecule has 0 aromatic rings. The maximum absolute atomic E-state index is 12.8. The highest BCUT2D eigenvalue weighted by atomic mass is 35.5. The van der Waals surface area contributed by atoms with E-state index in [-0.39, 0.29) is 24.2 Å². The maximum atomic E-state index is 12.8. The molecule has 0 spiro atoms. The zero-order valence-corrected chi connectivity index (χ0v) is 9.30. The summed E-state index contributed by atoms with van der Waals surface area (Å²) in [5.41, 5.74) is 0. The van der Waals surface area contributed by atoms with E-state index in [1.54, 1.807) is 0 Å². The number of alkyl halides is 1. The van der Waals surface area contributed by atoms with Crippen LogP contribution in [0, 0.1) is 5.92 Å². The molecule has 0 aromatic carbocycles. The number of piperazine rings is 1. The summed E-state index contributed by atoms with van der Waals surface area (Å²) in [6, 6.07) is 0.683. The molecular weight excluding hydrogens is 219 g/mol. The van der Waals surface area contributed by atoms with Crippen LogP contribution in [0.25, 0.3) is 0 Å². The van der Waals surface area contributed by atoms with E-state index in [4.69, 9.17) is 0 Å². The first-order chi connectivity index (χ1) is 6.77. The molecule has 2 bridgehead atoms. The van der Waals surface area contributed by atoms with Crippen molar-refractivity contribution in [1.82, 2.24) is 10.2 Å². The Hall–Kier alpha value is -0.350. The molecule has 15 heavy (non-hydrogen) atoms. The van der Waals surface area contributed by atoms with Crippen LogP contribution in [0.5, 0.6) is 0 Å². The standard InChI is InChI=1S/C10H15FN2O.ClH/c11-9-3-8(9)10(14)13-6-1-2-7(13)5-12-4-6;/h6-9,12H,1-5H2;1H/t6?,7?,8-,9-;/m1./s1. The molecule has 0 aromatic heterocycles. The first-order valence-electron chi connectivity index (χ1n) is 5.44. The molecule has 2 unspecified atom stereocenters. The monoisotopic (exact) mass is 234 g/mol. The molecule has 86 valence electrons. The van der Waals surface area contributed by atoms with Crippen molar-refractivity contribution in [3.8, 4) is 0 Å². The Bertz CT molecular complexity index is 260. The van der Waals surface area contributed by atoms with Crippen LogP contribution in [0.4, 0.5) is 4.39 Å².